The molecule has 4 rings (SSSR count). The summed E-state index contributed by atoms with van der Waals surface area (Å²) in [6.07, 6.45) is 0.750. The van der Waals surface area contributed by atoms with E-state index >= 15 is 0 Å². The third kappa shape index (κ3) is 3.52. The van der Waals surface area contributed by atoms with Gasteiger partial charge in [-0.3, -0.25) is 14.2 Å². The summed E-state index contributed by atoms with van der Waals surface area (Å²) in [6.45, 7) is 2.14. The molecule has 0 aliphatic rings. The van der Waals surface area contributed by atoms with Gasteiger partial charge in [0, 0.05) is 17.0 Å². The zero-order valence-corrected chi connectivity index (χ0v) is 17.1. The molecule has 1 amide bonds. The number of fused-ring (bicyclic) bond motifs is 3. The zero-order valence-electron chi connectivity index (χ0n) is 16.4. The van der Waals surface area contributed by atoms with Crippen LogP contribution in [0, 0.1) is 0 Å². The summed E-state index contributed by atoms with van der Waals surface area (Å²) in [6, 6.07) is 14.3. The molecule has 0 fully saturated rings. The molecular formula is C22H20ClN3O4. The van der Waals surface area contributed by atoms with E-state index in [1.54, 1.807) is 30.3 Å². The Balaban J connectivity index is 1.97. The molecule has 7 nitrogen and oxygen atoms in total. The lowest BCUT2D eigenvalue weighted by atomic mass is 10.2. The highest BCUT2D eigenvalue weighted by Gasteiger charge is 2.21. The summed E-state index contributed by atoms with van der Waals surface area (Å²) < 4.78 is 8.14. The van der Waals surface area contributed by atoms with Crippen LogP contribution in [0.2, 0.25) is 5.02 Å². The Morgan fingerprint density at radius 1 is 1.07 bits per heavy atom. The lowest BCUT2D eigenvalue weighted by Crippen LogP contribution is -2.43. The average Bonchev–Trinajstić information content (AvgIpc) is 3.13. The van der Waals surface area contributed by atoms with Crippen molar-refractivity contribution in [1.29, 1.82) is 0 Å². The average molecular weight is 426 g/mol. The smallest absolute Gasteiger partial charge is 0.332 e. The number of para-hydroxylation sites is 1. The Morgan fingerprint density at radius 3 is 2.57 bits per heavy atom. The number of carbonyl (C=O) groups is 1. The predicted octanol–water partition coefficient (Wildman–Crippen LogP) is 3.14. The van der Waals surface area contributed by atoms with Crippen molar-refractivity contribution in [3.05, 3.63) is 80.0 Å². The van der Waals surface area contributed by atoms with Gasteiger partial charge in [-0.25, -0.2) is 9.36 Å². The molecule has 0 unspecified atom stereocenters. The number of hydrogen-bond donors (Lipinski definition) is 1. The minimum Gasteiger partial charge on any atom is -0.449 e. The maximum atomic E-state index is 13.3. The van der Waals surface area contributed by atoms with E-state index in [4.69, 9.17) is 16.0 Å². The summed E-state index contributed by atoms with van der Waals surface area (Å²) in [5, 5.41) is 3.84. The highest BCUT2D eigenvalue weighted by Crippen LogP contribution is 2.26. The van der Waals surface area contributed by atoms with E-state index in [9.17, 15) is 14.4 Å². The first kappa shape index (κ1) is 20.0. The molecule has 2 aromatic carbocycles. The van der Waals surface area contributed by atoms with Gasteiger partial charge in [-0.1, -0.05) is 48.9 Å². The lowest BCUT2D eigenvalue weighted by Gasteiger charge is -2.13. The van der Waals surface area contributed by atoms with E-state index in [2.05, 4.69) is 5.32 Å². The van der Waals surface area contributed by atoms with Crippen molar-refractivity contribution in [2.75, 3.05) is 6.54 Å². The Labute approximate surface area is 176 Å². The van der Waals surface area contributed by atoms with Gasteiger partial charge in [0.1, 0.15) is 17.6 Å². The number of halogens is 1. The van der Waals surface area contributed by atoms with Gasteiger partial charge in [-0.2, -0.15) is 0 Å². The van der Waals surface area contributed by atoms with E-state index in [1.165, 1.54) is 4.57 Å². The van der Waals surface area contributed by atoms with Crippen LogP contribution in [0.1, 0.15) is 18.9 Å². The van der Waals surface area contributed by atoms with E-state index < -0.39 is 17.2 Å². The van der Waals surface area contributed by atoms with Gasteiger partial charge in [0.15, 0.2) is 0 Å². The fraction of sp³-hybridized carbons (Fsp3) is 0.227. The molecule has 0 bridgehead atoms. The second kappa shape index (κ2) is 8.20. The SMILES string of the molecule is CCCNC(=O)Cn1c(=O)c2oc3ccccc3c2n(Cc2ccccc2Cl)c1=O. The van der Waals surface area contributed by atoms with Gasteiger partial charge in [0.2, 0.25) is 11.5 Å². The number of rotatable bonds is 6. The summed E-state index contributed by atoms with van der Waals surface area (Å²) in [4.78, 5) is 38.6. The molecule has 0 spiro atoms. The summed E-state index contributed by atoms with van der Waals surface area (Å²) in [5.74, 6) is -0.407. The van der Waals surface area contributed by atoms with Crippen LogP contribution in [0.15, 0.2) is 62.5 Å². The second-order valence-corrected chi connectivity index (χ2v) is 7.38. The van der Waals surface area contributed by atoms with Gasteiger partial charge in [0.25, 0.3) is 5.56 Å². The Hall–Kier alpha value is -3.32. The van der Waals surface area contributed by atoms with Crippen molar-refractivity contribution in [2.24, 2.45) is 0 Å². The van der Waals surface area contributed by atoms with E-state index in [1.807, 2.05) is 25.1 Å². The summed E-state index contributed by atoms with van der Waals surface area (Å²) in [7, 11) is 0. The van der Waals surface area contributed by atoms with Crippen LogP contribution in [-0.2, 0) is 17.9 Å². The minimum atomic E-state index is -0.631. The van der Waals surface area contributed by atoms with Crippen molar-refractivity contribution in [3.8, 4) is 0 Å². The van der Waals surface area contributed by atoms with Crippen LogP contribution in [0.3, 0.4) is 0 Å². The van der Waals surface area contributed by atoms with Crippen LogP contribution in [0.4, 0.5) is 0 Å². The summed E-state index contributed by atoms with van der Waals surface area (Å²) in [5.41, 5.74) is 0.411. The molecule has 1 N–H and O–H groups in total. The first-order valence-corrected chi connectivity index (χ1v) is 10.0. The largest absolute Gasteiger partial charge is 0.449 e. The number of benzene rings is 2. The molecule has 0 radical (unpaired) electrons. The fourth-order valence-corrected chi connectivity index (χ4v) is 3.64. The molecule has 154 valence electrons. The third-order valence-corrected chi connectivity index (χ3v) is 5.27. The quantitative estimate of drug-likeness (QED) is 0.514. The zero-order chi connectivity index (χ0) is 21.3. The molecular weight excluding hydrogens is 406 g/mol. The Bertz CT molecular complexity index is 1370. The van der Waals surface area contributed by atoms with Gasteiger partial charge < -0.3 is 9.73 Å². The number of nitrogens with one attached hydrogen (secondary N) is 1. The monoisotopic (exact) mass is 425 g/mol. The van der Waals surface area contributed by atoms with E-state index in [0.717, 1.165) is 11.0 Å². The topological polar surface area (TPSA) is 86.2 Å². The van der Waals surface area contributed by atoms with Crippen LogP contribution in [0.25, 0.3) is 22.1 Å². The molecule has 4 aromatic rings. The van der Waals surface area contributed by atoms with Gasteiger partial charge in [-0.05, 0) is 30.2 Å². The highest BCUT2D eigenvalue weighted by atomic mass is 35.5. The molecule has 0 atom stereocenters. The Morgan fingerprint density at radius 2 is 1.80 bits per heavy atom. The van der Waals surface area contributed by atoms with E-state index in [0.29, 0.717) is 33.6 Å². The first-order valence-electron chi connectivity index (χ1n) is 9.66. The summed E-state index contributed by atoms with van der Waals surface area (Å²) >= 11 is 6.31. The molecule has 2 aromatic heterocycles. The lowest BCUT2D eigenvalue weighted by molar-refractivity contribution is -0.121. The standard InChI is InChI=1S/C22H20ClN3O4/c1-2-11-24-18(27)13-26-21(28)20-19(15-8-4-6-10-17(15)30-20)25(22(26)29)12-14-7-3-5-9-16(14)23/h3-10H,2,11-13H2,1H3,(H,24,27). The molecule has 0 saturated carbocycles. The van der Waals surface area contributed by atoms with Crippen LogP contribution < -0.4 is 16.6 Å². The number of amides is 1. The molecule has 0 aliphatic heterocycles. The van der Waals surface area contributed by atoms with Crippen molar-refractivity contribution in [1.82, 2.24) is 14.5 Å². The Kier molecular flexibility index (Phi) is 5.46. The normalized spacial score (nSPS) is 11.3. The molecule has 30 heavy (non-hydrogen) atoms. The van der Waals surface area contributed by atoms with Gasteiger partial charge >= 0.3 is 5.69 Å². The second-order valence-electron chi connectivity index (χ2n) is 6.98. The molecule has 2 heterocycles. The highest BCUT2D eigenvalue weighted by molar-refractivity contribution is 6.31. The fourth-order valence-electron chi connectivity index (χ4n) is 3.44. The van der Waals surface area contributed by atoms with Crippen molar-refractivity contribution >= 4 is 39.6 Å². The van der Waals surface area contributed by atoms with Crippen molar-refractivity contribution < 1.29 is 9.21 Å². The number of hydrogen-bond acceptors (Lipinski definition) is 4. The number of aromatic nitrogens is 2. The number of furan rings is 1. The van der Waals surface area contributed by atoms with Crippen molar-refractivity contribution in [2.45, 2.75) is 26.4 Å². The van der Waals surface area contributed by atoms with Crippen molar-refractivity contribution in [3.63, 3.8) is 0 Å². The number of nitrogens with zero attached hydrogens (tertiary/aromatic N) is 2. The first-order chi connectivity index (χ1) is 14.5. The maximum Gasteiger partial charge on any atom is 0.332 e. The third-order valence-electron chi connectivity index (χ3n) is 4.90. The number of carbonyl (C=O) groups excluding carboxylic acids is 1. The van der Waals surface area contributed by atoms with Crippen LogP contribution in [0.5, 0.6) is 0 Å². The molecule has 8 heteroatoms. The molecule has 0 aliphatic carbocycles. The maximum absolute atomic E-state index is 13.3. The van der Waals surface area contributed by atoms with Gasteiger partial charge in [0.05, 0.1) is 6.54 Å². The van der Waals surface area contributed by atoms with Crippen LogP contribution >= 0.6 is 11.6 Å². The van der Waals surface area contributed by atoms with Gasteiger partial charge in [-0.15, -0.1) is 0 Å². The van der Waals surface area contributed by atoms with E-state index in [-0.39, 0.29) is 18.7 Å². The van der Waals surface area contributed by atoms with Crippen LogP contribution in [-0.4, -0.2) is 21.6 Å². The predicted molar refractivity (Wildman–Crippen MR) is 116 cm³/mol. The molecule has 0 saturated heterocycles. The minimum absolute atomic E-state index is 0.0335.